The number of piperidine rings is 2. The van der Waals surface area contributed by atoms with Crippen molar-refractivity contribution in [3.05, 3.63) is 28.2 Å². The Kier molecular flexibility index (Phi) is 4.99. The van der Waals surface area contributed by atoms with Crippen LogP contribution < -0.4 is 10.9 Å². The first-order valence-electron chi connectivity index (χ1n) is 9.84. The van der Waals surface area contributed by atoms with Crippen LogP contribution in [0, 0.1) is 17.8 Å². The van der Waals surface area contributed by atoms with Gasteiger partial charge in [0.05, 0.1) is 17.7 Å². The molecule has 4 rings (SSSR count). The van der Waals surface area contributed by atoms with Crippen LogP contribution in [0.4, 0.5) is 0 Å². The lowest BCUT2D eigenvalue weighted by Gasteiger charge is -2.41. The molecule has 1 aliphatic carbocycles. The van der Waals surface area contributed by atoms with Gasteiger partial charge in [-0.3, -0.25) is 14.4 Å². The van der Waals surface area contributed by atoms with Gasteiger partial charge in [0.2, 0.25) is 5.91 Å². The number of hydrogen-bond donors (Lipinski definition) is 2. The smallest absolute Gasteiger partial charge is 0.264 e. The molecule has 1 aromatic rings. The third kappa shape index (κ3) is 3.76. The van der Waals surface area contributed by atoms with Crippen molar-refractivity contribution >= 4 is 11.8 Å². The van der Waals surface area contributed by atoms with Gasteiger partial charge in [0.25, 0.3) is 11.5 Å². The quantitative estimate of drug-likeness (QED) is 0.782. The largest absolute Gasteiger partial charge is 0.349 e. The monoisotopic (exact) mass is 373 g/mol. The van der Waals surface area contributed by atoms with Crippen molar-refractivity contribution in [3.8, 4) is 0 Å². The van der Waals surface area contributed by atoms with Gasteiger partial charge in [-0.15, -0.1) is 0 Å². The zero-order chi connectivity index (χ0) is 19.0. The van der Waals surface area contributed by atoms with Gasteiger partial charge < -0.3 is 15.1 Å². The lowest BCUT2D eigenvalue weighted by molar-refractivity contribution is -0.139. The number of carbonyl (C=O) groups is 2. The second-order valence-corrected chi connectivity index (χ2v) is 8.28. The summed E-state index contributed by atoms with van der Waals surface area (Å²) in [4.78, 5) is 41.1. The molecule has 3 fully saturated rings. The van der Waals surface area contributed by atoms with Gasteiger partial charge in [0, 0.05) is 31.7 Å². The number of fused-ring (bicyclic) bond motifs is 2. The van der Waals surface area contributed by atoms with E-state index in [9.17, 15) is 14.4 Å². The summed E-state index contributed by atoms with van der Waals surface area (Å²) < 4.78 is 0. The van der Waals surface area contributed by atoms with Crippen molar-refractivity contribution in [2.75, 3.05) is 33.2 Å². The standard InChI is InChI=1S/C19H27N5O3/c1-23-6-2-3-14(9-23)19(27)24-10-12-4-5-13(11-24)17(12)21-18(26)15-7-16(25)22-20-8-15/h7-8,12-14,17H,2-6,9-11H2,1H3,(H,21,26)(H,22,25)/t12-,13+,14?,17?. The number of aromatic nitrogens is 2. The first-order chi connectivity index (χ1) is 13.0. The highest BCUT2D eigenvalue weighted by molar-refractivity contribution is 5.94. The molecule has 0 aromatic carbocycles. The van der Waals surface area contributed by atoms with Crippen LogP contribution in [-0.4, -0.2) is 71.1 Å². The van der Waals surface area contributed by atoms with Gasteiger partial charge in [-0.05, 0) is 51.1 Å². The summed E-state index contributed by atoms with van der Waals surface area (Å²) in [5, 5.41) is 9.06. The summed E-state index contributed by atoms with van der Waals surface area (Å²) >= 11 is 0. The highest BCUT2D eigenvalue weighted by Crippen LogP contribution is 2.38. The topological polar surface area (TPSA) is 98.4 Å². The van der Waals surface area contributed by atoms with Gasteiger partial charge in [0.15, 0.2) is 0 Å². The highest BCUT2D eigenvalue weighted by atomic mass is 16.2. The van der Waals surface area contributed by atoms with Gasteiger partial charge in [0.1, 0.15) is 0 Å². The summed E-state index contributed by atoms with van der Waals surface area (Å²) in [6, 6.07) is 1.33. The molecule has 8 nitrogen and oxygen atoms in total. The molecule has 27 heavy (non-hydrogen) atoms. The van der Waals surface area contributed by atoms with Crippen molar-refractivity contribution in [3.63, 3.8) is 0 Å². The average molecular weight is 373 g/mol. The molecule has 146 valence electrons. The van der Waals surface area contributed by atoms with Crippen LogP contribution in [0.5, 0.6) is 0 Å². The minimum Gasteiger partial charge on any atom is -0.349 e. The molecule has 0 spiro atoms. The van der Waals surface area contributed by atoms with E-state index in [1.807, 2.05) is 4.90 Å². The summed E-state index contributed by atoms with van der Waals surface area (Å²) in [6.45, 7) is 3.35. The summed E-state index contributed by atoms with van der Waals surface area (Å²) in [5.41, 5.74) is -0.106. The molecule has 1 saturated carbocycles. The zero-order valence-electron chi connectivity index (χ0n) is 15.7. The van der Waals surface area contributed by atoms with Gasteiger partial charge in [-0.2, -0.15) is 5.10 Å². The Morgan fingerprint density at radius 2 is 1.93 bits per heavy atom. The van der Waals surface area contributed by atoms with E-state index in [-0.39, 0.29) is 46.7 Å². The fraction of sp³-hybridized carbons (Fsp3) is 0.684. The minimum atomic E-state index is -0.386. The third-order valence-corrected chi connectivity index (χ3v) is 6.34. The highest BCUT2D eigenvalue weighted by Gasteiger charge is 2.45. The molecule has 2 N–H and O–H groups in total. The van der Waals surface area contributed by atoms with E-state index in [0.29, 0.717) is 13.1 Å². The predicted molar refractivity (Wildman–Crippen MR) is 99.1 cm³/mol. The molecule has 3 heterocycles. The van der Waals surface area contributed by atoms with E-state index in [2.05, 4.69) is 27.5 Å². The second-order valence-electron chi connectivity index (χ2n) is 8.28. The maximum atomic E-state index is 13.0. The first kappa shape index (κ1) is 18.2. The number of rotatable bonds is 3. The summed E-state index contributed by atoms with van der Waals surface area (Å²) in [7, 11) is 2.08. The van der Waals surface area contributed by atoms with E-state index in [1.54, 1.807) is 0 Å². The molecule has 2 amide bonds. The van der Waals surface area contributed by atoms with E-state index in [1.165, 1.54) is 12.3 Å². The van der Waals surface area contributed by atoms with Crippen LogP contribution in [0.25, 0.3) is 0 Å². The number of amides is 2. The fourth-order valence-corrected chi connectivity index (χ4v) is 5.00. The SMILES string of the molecule is CN1CCCC(C(=O)N2C[C@H]3CC[C@@H](C2)C3NC(=O)c2cn[nH]c(=O)c2)C1. The predicted octanol–water partition coefficient (Wildman–Crippen LogP) is 0.0785. The normalized spacial score (nSPS) is 30.9. The van der Waals surface area contributed by atoms with Crippen molar-refractivity contribution in [1.29, 1.82) is 0 Å². The Balaban J connectivity index is 1.39. The van der Waals surface area contributed by atoms with E-state index < -0.39 is 0 Å². The molecule has 1 aromatic heterocycles. The maximum absolute atomic E-state index is 13.0. The number of nitrogens with one attached hydrogen (secondary N) is 2. The van der Waals surface area contributed by atoms with Gasteiger partial charge in [-0.25, -0.2) is 5.10 Å². The van der Waals surface area contributed by atoms with Crippen molar-refractivity contribution in [2.24, 2.45) is 17.8 Å². The van der Waals surface area contributed by atoms with Crippen molar-refractivity contribution in [2.45, 2.75) is 31.7 Å². The Bertz CT molecular complexity index is 765. The van der Waals surface area contributed by atoms with E-state index in [0.717, 1.165) is 38.8 Å². The molecule has 2 saturated heterocycles. The number of hydrogen-bond acceptors (Lipinski definition) is 5. The van der Waals surface area contributed by atoms with Crippen LogP contribution in [0.1, 0.15) is 36.0 Å². The van der Waals surface area contributed by atoms with Gasteiger partial charge in [-0.1, -0.05) is 0 Å². The number of carbonyl (C=O) groups excluding carboxylic acids is 2. The third-order valence-electron chi connectivity index (χ3n) is 6.34. The first-order valence-corrected chi connectivity index (χ1v) is 9.84. The maximum Gasteiger partial charge on any atom is 0.264 e. The van der Waals surface area contributed by atoms with Crippen LogP contribution in [-0.2, 0) is 4.79 Å². The molecule has 2 bridgehead atoms. The van der Waals surface area contributed by atoms with Crippen LogP contribution in [0.15, 0.2) is 17.1 Å². The molecule has 0 radical (unpaired) electrons. The number of nitrogens with zero attached hydrogens (tertiary/aromatic N) is 3. The average Bonchev–Trinajstić information content (AvgIpc) is 2.89. The second kappa shape index (κ2) is 7.42. The zero-order valence-corrected chi connectivity index (χ0v) is 15.7. The van der Waals surface area contributed by atoms with Crippen LogP contribution >= 0.6 is 0 Å². The van der Waals surface area contributed by atoms with Crippen molar-refractivity contribution in [1.82, 2.24) is 25.3 Å². The molecule has 3 aliphatic rings. The Labute approximate surface area is 158 Å². The van der Waals surface area contributed by atoms with E-state index in [4.69, 9.17) is 0 Å². The molecule has 2 aliphatic heterocycles. The lowest BCUT2D eigenvalue weighted by Crippen LogP contribution is -2.55. The number of aromatic amines is 1. The Hall–Kier alpha value is -2.22. The molecular formula is C19H27N5O3. The van der Waals surface area contributed by atoms with Crippen LogP contribution in [0.2, 0.25) is 0 Å². The minimum absolute atomic E-state index is 0.0647. The number of H-pyrrole nitrogens is 1. The fourth-order valence-electron chi connectivity index (χ4n) is 5.00. The summed E-state index contributed by atoms with van der Waals surface area (Å²) in [5.74, 6) is 0.698. The Morgan fingerprint density at radius 1 is 1.19 bits per heavy atom. The van der Waals surface area contributed by atoms with Crippen molar-refractivity contribution < 1.29 is 9.59 Å². The Morgan fingerprint density at radius 3 is 2.59 bits per heavy atom. The lowest BCUT2D eigenvalue weighted by atomic mass is 9.89. The van der Waals surface area contributed by atoms with Gasteiger partial charge >= 0.3 is 0 Å². The number of likely N-dealkylation sites (tertiary alicyclic amines) is 2. The summed E-state index contributed by atoms with van der Waals surface area (Å²) in [6.07, 6.45) is 5.48. The molecule has 4 atom stereocenters. The molecule has 2 unspecified atom stereocenters. The van der Waals surface area contributed by atoms with Crippen LogP contribution in [0.3, 0.4) is 0 Å². The molecule has 8 heteroatoms. The van der Waals surface area contributed by atoms with E-state index >= 15 is 0 Å². The molecular weight excluding hydrogens is 346 g/mol.